The number of rotatable bonds is 4. The third-order valence-electron chi connectivity index (χ3n) is 3.18. The van der Waals surface area contributed by atoms with E-state index in [1.165, 1.54) is 6.07 Å². The Hall–Kier alpha value is -1.58. The Labute approximate surface area is 117 Å². The fraction of sp³-hybridized carbons (Fsp3) is 0.200. The minimum Gasteiger partial charge on any atom is -0.364 e. The number of anilines is 1. The summed E-state index contributed by atoms with van der Waals surface area (Å²) in [6, 6.07) is 14.0. The van der Waals surface area contributed by atoms with Crippen LogP contribution < -0.4 is 10.6 Å². The molecule has 0 aromatic heterocycles. The Morgan fingerprint density at radius 2 is 1.79 bits per heavy atom. The molecule has 4 heteroatoms. The predicted molar refractivity (Wildman–Crippen MR) is 78.1 cm³/mol. The molecule has 0 amide bonds. The molecule has 0 aliphatic rings. The van der Waals surface area contributed by atoms with Crippen LogP contribution in [0.25, 0.3) is 0 Å². The Morgan fingerprint density at radius 3 is 2.37 bits per heavy atom. The Balaban J connectivity index is 2.32. The van der Waals surface area contributed by atoms with Crippen molar-refractivity contribution < 1.29 is 4.39 Å². The Kier molecular flexibility index (Phi) is 4.40. The molecular weight excluding hydrogens is 263 g/mol. The van der Waals surface area contributed by atoms with Gasteiger partial charge in [-0.1, -0.05) is 35.9 Å². The van der Waals surface area contributed by atoms with Crippen molar-refractivity contribution in [3.05, 3.63) is 64.9 Å². The minimum absolute atomic E-state index is 0.0887. The topological polar surface area (TPSA) is 29.3 Å². The minimum atomic E-state index is -0.252. The molecule has 2 aromatic carbocycles. The van der Waals surface area contributed by atoms with Gasteiger partial charge in [-0.25, -0.2) is 4.39 Å². The Bertz CT molecular complexity index is 542. The monoisotopic (exact) mass is 278 g/mol. The van der Waals surface area contributed by atoms with E-state index < -0.39 is 0 Å². The van der Waals surface area contributed by atoms with Crippen LogP contribution in [-0.4, -0.2) is 13.6 Å². The lowest BCUT2D eigenvalue weighted by atomic mass is 10.1. The fourth-order valence-corrected chi connectivity index (χ4v) is 2.23. The van der Waals surface area contributed by atoms with E-state index in [1.54, 1.807) is 12.1 Å². The quantitative estimate of drug-likeness (QED) is 0.926. The third kappa shape index (κ3) is 3.06. The van der Waals surface area contributed by atoms with Crippen LogP contribution in [0.5, 0.6) is 0 Å². The summed E-state index contributed by atoms with van der Waals surface area (Å²) in [5.74, 6) is -0.252. The average Bonchev–Trinajstić information content (AvgIpc) is 2.42. The first kappa shape index (κ1) is 13.8. The molecule has 0 aliphatic carbocycles. The van der Waals surface area contributed by atoms with Gasteiger partial charge in [0.1, 0.15) is 5.82 Å². The number of likely N-dealkylation sites (N-methyl/N-ethyl adjacent to an activating group) is 1. The highest BCUT2D eigenvalue weighted by molar-refractivity contribution is 6.30. The van der Waals surface area contributed by atoms with Gasteiger partial charge in [0.15, 0.2) is 0 Å². The molecule has 100 valence electrons. The van der Waals surface area contributed by atoms with E-state index in [1.807, 2.05) is 42.3 Å². The zero-order valence-electron chi connectivity index (χ0n) is 10.7. The SMILES string of the molecule is CN(c1ccccc1F)C(CN)c1ccc(Cl)cc1. The van der Waals surface area contributed by atoms with E-state index in [9.17, 15) is 4.39 Å². The number of nitrogens with two attached hydrogens (primary N) is 1. The number of para-hydroxylation sites is 1. The van der Waals surface area contributed by atoms with Crippen molar-refractivity contribution >= 4 is 17.3 Å². The summed E-state index contributed by atoms with van der Waals surface area (Å²) in [7, 11) is 1.84. The Morgan fingerprint density at radius 1 is 1.16 bits per heavy atom. The van der Waals surface area contributed by atoms with Crippen molar-refractivity contribution in [1.29, 1.82) is 0 Å². The number of halogens is 2. The zero-order chi connectivity index (χ0) is 13.8. The van der Waals surface area contributed by atoms with E-state index in [-0.39, 0.29) is 11.9 Å². The second kappa shape index (κ2) is 6.04. The highest BCUT2D eigenvalue weighted by Gasteiger charge is 2.18. The lowest BCUT2D eigenvalue weighted by Gasteiger charge is -2.29. The highest BCUT2D eigenvalue weighted by Crippen LogP contribution is 2.27. The summed E-state index contributed by atoms with van der Waals surface area (Å²) < 4.78 is 13.8. The van der Waals surface area contributed by atoms with Gasteiger partial charge in [-0.05, 0) is 29.8 Å². The van der Waals surface area contributed by atoms with Gasteiger partial charge < -0.3 is 10.6 Å². The molecule has 2 N–H and O–H groups in total. The maximum atomic E-state index is 13.8. The first-order chi connectivity index (χ1) is 9.13. The van der Waals surface area contributed by atoms with Crippen LogP contribution in [0.4, 0.5) is 10.1 Å². The van der Waals surface area contributed by atoms with Gasteiger partial charge in [0.05, 0.1) is 11.7 Å². The molecule has 0 bridgehead atoms. The van der Waals surface area contributed by atoms with Crippen molar-refractivity contribution in [2.24, 2.45) is 5.73 Å². The molecule has 2 nitrogen and oxygen atoms in total. The van der Waals surface area contributed by atoms with Gasteiger partial charge >= 0.3 is 0 Å². The van der Waals surface area contributed by atoms with E-state index in [0.717, 1.165) is 5.56 Å². The number of nitrogens with zero attached hydrogens (tertiary/aromatic N) is 1. The predicted octanol–water partition coefficient (Wildman–Crippen LogP) is 3.62. The van der Waals surface area contributed by atoms with Crippen LogP contribution >= 0.6 is 11.6 Å². The highest BCUT2D eigenvalue weighted by atomic mass is 35.5. The second-order valence-electron chi connectivity index (χ2n) is 4.37. The van der Waals surface area contributed by atoms with Crippen molar-refractivity contribution in [3.63, 3.8) is 0 Å². The number of hydrogen-bond donors (Lipinski definition) is 1. The summed E-state index contributed by atoms with van der Waals surface area (Å²) in [4.78, 5) is 1.85. The zero-order valence-corrected chi connectivity index (χ0v) is 11.4. The van der Waals surface area contributed by atoms with Crippen LogP contribution in [0.3, 0.4) is 0 Å². The molecule has 0 saturated carbocycles. The molecular formula is C15H16ClFN2. The third-order valence-corrected chi connectivity index (χ3v) is 3.43. The van der Waals surface area contributed by atoms with Gasteiger partial charge in [-0.15, -0.1) is 0 Å². The first-order valence-electron chi connectivity index (χ1n) is 6.06. The molecule has 0 aliphatic heterocycles. The van der Waals surface area contributed by atoms with E-state index in [4.69, 9.17) is 17.3 Å². The number of benzene rings is 2. The summed E-state index contributed by atoms with van der Waals surface area (Å²) in [6.07, 6.45) is 0. The van der Waals surface area contributed by atoms with E-state index in [2.05, 4.69) is 0 Å². The molecule has 2 rings (SSSR count). The van der Waals surface area contributed by atoms with Crippen LogP contribution in [0.1, 0.15) is 11.6 Å². The second-order valence-corrected chi connectivity index (χ2v) is 4.80. The summed E-state index contributed by atoms with van der Waals surface area (Å²) in [6.45, 7) is 0.395. The van der Waals surface area contributed by atoms with Gasteiger partial charge in [0.25, 0.3) is 0 Å². The summed E-state index contributed by atoms with van der Waals surface area (Å²) >= 11 is 5.88. The smallest absolute Gasteiger partial charge is 0.146 e. The van der Waals surface area contributed by atoms with Gasteiger partial charge in [-0.3, -0.25) is 0 Å². The van der Waals surface area contributed by atoms with Gasteiger partial charge in [0.2, 0.25) is 0 Å². The van der Waals surface area contributed by atoms with E-state index in [0.29, 0.717) is 17.3 Å². The fourth-order valence-electron chi connectivity index (χ4n) is 2.11. The largest absolute Gasteiger partial charge is 0.364 e. The van der Waals surface area contributed by atoms with Crippen LogP contribution in [0.2, 0.25) is 5.02 Å². The molecule has 0 fully saturated rings. The molecule has 19 heavy (non-hydrogen) atoms. The average molecular weight is 279 g/mol. The summed E-state index contributed by atoms with van der Waals surface area (Å²) in [5.41, 5.74) is 7.38. The standard InChI is InChI=1S/C15H16ClFN2/c1-19(14-5-3-2-4-13(14)17)15(10-18)11-6-8-12(16)9-7-11/h2-9,15H,10,18H2,1H3. The van der Waals surface area contributed by atoms with Crippen molar-refractivity contribution in [2.45, 2.75) is 6.04 Å². The van der Waals surface area contributed by atoms with Crippen molar-refractivity contribution in [1.82, 2.24) is 0 Å². The lowest BCUT2D eigenvalue weighted by Crippen LogP contribution is -2.31. The molecule has 0 saturated heterocycles. The molecule has 0 radical (unpaired) electrons. The maximum Gasteiger partial charge on any atom is 0.146 e. The van der Waals surface area contributed by atoms with Gasteiger partial charge in [-0.2, -0.15) is 0 Å². The van der Waals surface area contributed by atoms with E-state index >= 15 is 0 Å². The lowest BCUT2D eigenvalue weighted by molar-refractivity contribution is 0.603. The maximum absolute atomic E-state index is 13.8. The molecule has 2 aromatic rings. The van der Waals surface area contributed by atoms with Gasteiger partial charge in [0, 0.05) is 18.6 Å². The van der Waals surface area contributed by atoms with Crippen LogP contribution in [0.15, 0.2) is 48.5 Å². The normalized spacial score (nSPS) is 12.2. The van der Waals surface area contributed by atoms with Crippen LogP contribution in [-0.2, 0) is 0 Å². The molecule has 0 heterocycles. The first-order valence-corrected chi connectivity index (χ1v) is 6.44. The van der Waals surface area contributed by atoms with Crippen LogP contribution in [0, 0.1) is 5.82 Å². The van der Waals surface area contributed by atoms with Crippen molar-refractivity contribution in [2.75, 3.05) is 18.5 Å². The molecule has 0 spiro atoms. The summed E-state index contributed by atoms with van der Waals surface area (Å²) in [5, 5.41) is 0.674. The molecule has 1 atom stereocenters. The molecule has 1 unspecified atom stereocenters. The number of hydrogen-bond acceptors (Lipinski definition) is 2. The van der Waals surface area contributed by atoms with Crippen molar-refractivity contribution in [3.8, 4) is 0 Å².